The molecule has 0 spiro atoms. The molecule has 1 amide bonds. The van der Waals surface area contributed by atoms with Gasteiger partial charge < -0.3 is 20.0 Å². The molecule has 1 heterocycles. The Balaban J connectivity index is 2.15. The van der Waals surface area contributed by atoms with E-state index in [2.05, 4.69) is 0 Å². The predicted molar refractivity (Wildman–Crippen MR) is 113 cm³/mol. The van der Waals surface area contributed by atoms with Gasteiger partial charge in [0.1, 0.15) is 5.76 Å². The molecule has 0 bridgehead atoms. The van der Waals surface area contributed by atoms with Crippen molar-refractivity contribution >= 4 is 23.1 Å². The highest BCUT2D eigenvalue weighted by Crippen LogP contribution is 2.39. The predicted octanol–water partition coefficient (Wildman–Crippen LogP) is 2.86. The van der Waals surface area contributed by atoms with E-state index >= 15 is 0 Å². The zero-order valence-corrected chi connectivity index (χ0v) is 17.1. The first-order chi connectivity index (χ1) is 13.7. The summed E-state index contributed by atoms with van der Waals surface area (Å²) >= 11 is 0. The lowest BCUT2D eigenvalue weighted by Gasteiger charge is -2.26. The van der Waals surface area contributed by atoms with Crippen LogP contribution in [0.5, 0.6) is 0 Å². The fourth-order valence-electron chi connectivity index (χ4n) is 3.52. The quantitative estimate of drug-likeness (QED) is 0.463. The lowest BCUT2D eigenvalue weighted by molar-refractivity contribution is -0.140. The van der Waals surface area contributed by atoms with Crippen LogP contribution < -0.4 is 4.90 Å². The number of hydrogen-bond acceptors (Lipinski definition) is 5. The molecule has 2 atom stereocenters. The Hall–Kier alpha value is -3.12. The fourth-order valence-corrected chi connectivity index (χ4v) is 3.52. The lowest BCUT2D eigenvalue weighted by Crippen LogP contribution is -2.35. The number of anilines is 1. The molecule has 1 aliphatic rings. The molecule has 0 aromatic heterocycles. The smallest absolute Gasteiger partial charge is 0.295 e. The van der Waals surface area contributed by atoms with Crippen molar-refractivity contribution in [3.63, 3.8) is 0 Å². The van der Waals surface area contributed by atoms with E-state index in [-0.39, 0.29) is 17.9 Å². The van der Waals surface area contributed by atoms with Crippen molar-refractivity contribution in [1.29, 1.82) is 0 Å². The first kappa shape index (κ1) is 20.6. The van der Waals surface area contributed by atoms with Gasteiger partial charge in [-0.15, -0.1) is 0 Å². The van der Waals surface area contributed by atoms with Gasteiger partial charge in [0.15, 0.2) is 0 Å². The molecule has 0 saturated carbocycles. The largest absolute Gasteiger partial charge is 0.507 e. The van der Waals surface area contributed by atoms with E-state index in [1.807, 2.05) is 62.3 Å². The van der Waals surface area contributed by atoms with E-state index in [1.54, 1.807) is 19.1 Å². The van der Waals surface area contributed by atoms with Gasteiger partial charge in [-0.05, 0) is 31.5 Å². The van der Waals surface area contributed by atoms with Crippen molar-refractivity contribution in [2.45, 2.75) is 26.0 Å². The third kappa shape index (κ3) is 4.03. The maximum atomic E-state index is 12.8. The Bertz CT molecular complexity index is 944. The number of ketones is 1. The summed E-state index contributed by atoms with van der Waals surface area (Å²) in [5.41, 5.74) is 3.20. The average Bonchev–Trinajstić information content (AvgIpc) is 2.92. The maximum Gasteiger partial charge on any atom is 0.295 e. The molecular weight excluding hydrogens is 368 g/mol. The van der Waals surface area contributed by atoms with E-state index in [4.69, 9.17) is 0 Å². The molecule has 152 valence electrons. The molecule has 1 fully saturated rings. The van der Waals surface area contributed by atoms with Gasteiger partial charge in [0.05, 0.1) is 17.7 Å². The summed E-state index contributed by atoms with van der Waals surface area (Å²) in [5, 5.41) is 20.8. The fraction of sp³-hybridized carbons (Fsp3) is 0.304. The maximum absolute atomic E-state index is 12.8. The van der Waals surface area contributed by atoms with Gasteiger partial charge in [-0.3, -0.25) is 9.59 Å². The van der Waals surface area contributed by atoms with Crippen LogP contribution in [-0.4, -0.2) is 53.5 Å². The number of aliphatic hydroxyl groups is 2. The van der Waals surface area contributed by atoms with Gasteiger partial charge in [0, 0.05) is 31.9 Å². The number of β-amino-alcohol motifs (C(OH)–C–C–N with tert-alkyl or cyclic N) is 1. The molecule has 2 unspecified atom stereocenters. The van der Waals surface area contributed by atoms with Crippen LogP contribution in [0.15, 0.2) is 54.1 Å². The van der Waals surface area contributed by atoms with Crippen LogP contribution in [0.2, 0.25) is 0 Å². The minimum atomic E-state index is -0.809. The van der Waals surface area contributed by atoms with Crippen LogP contribution in [-0.2, 0) is 9.59 Å². The number of nitrogens with zero attached hydrogens (tertiary/aromatic N) is 2. The zero-order chi connectivity index (χ0) is 21.3. The Labute approximate surface area is 170 Å². The summed E-state index contributed by atoms with van der Waals surface area (Å²) in [6, 6.07) is 13.8. The molecule has 3 rings (SSSR count). The summed E-state index contributed by atoms with van der Waals surface area (Å²) in [6.45, 7) is 3.48. The number of aryl methyl sites for hydroxylation is 1. The van der Waals surface area contributed by atoms with Crippen LogP contribution in [0, 0.1) is 6.92 Å². The second-order valence-electron chi connectivity index (χ2n) is 7.65. The third-order valence-electron chi connectivity index (χ3n) is 5.05. The summed E-state index contributed by atoms with van der Waals surface area (Å²) in [5.74, 6) is -1.68. The number of amides is 1. The number of carbonyl (C=O) groups excluding carboxylic acids is 2. The molecule has 0 aliphatic carbocycles. The first-order valence-corrected chi connectivity index (χ1v) is 9.51. The minimum absolute atomic E-state index is 0.00461. The highest BCUT2D eigenvalue weighted by atomic mass is 16.3. The van der Waals surface area contributed by atoms with Crippen molar-refractivity contribution in [3.8, 4) is 0 Å². The monoisotopic (exact) mass is 394 g/mol. The number of likely N-dealkylation sites (tertiary alicyclic amines) is 1. The van der Waals surface area contributed by atoms with Gasteiger partial charge in [0.25, 0.3) is 11.7 Å². The Kier molecular flexibility index (Phi) is 5.75. The molecule has 6 nitrogen and oxygen atoms in total. The molecule has 29 heavy (non-hydrogen) atoms. The lowest BCUT2D eigenvalue weighted by atomic mass is 9.94. The Morgan fingerprint density at radius 2 is 1.66 bits per heavy atom. The van der Waals surface area contributed by atoms with Crippen LogP contribution in [0.25, 0.3) is 5.76 Å². The Morgan fingerprint density at radius 3 is 2.17 bits per heavy atom. The van der Waals surface area contributed by atoms with Crippen molar-refractivity contribution in [3.05, 3.63) is 70.8 Å². The summed E-state index contributed by atoms with van der Waals surface area (Å²) in [7, 11) is 3.85. The van der Waals surface area contributed by atoms with E-state index in [1.165, 1.54) is 4.90 Å². The van der Waals surface area contributed by atoms with E-state index in [9.17, 15) is 19.8 Å². The summed E-state index contributed by atoms with van der Waals surface area (Å²) in [4.78, 5) is 28.8. The van der Waals surface area contributed by atoms with Crippen molar-refractivity contribution in [2.24, 2.45) is 0 Å². The average molecular weight is 394 g/mol. The van der Waals surface area contributed by atoms with E-state index < -0.39 is 23.8 Å². The van der Waals surface area contributed by atoms with E-state index in [0.29, 0.717) is 11.1 Å². The molecule has 2 aromatic rings. The SMILES string of the molecule is Cc1ccc(C(O)=C2C(=O)C(=O)N(CC(C)O)C2c2ccc(N(C)C)cc2)cc1. The zero-order valence-electron chi connectivity index (χ0n) is 17.1. The van der Waals surface area contributed by atoms with Crippen molar-refractivity contribution in [1.82, 2.24) is 4.90 Å². The highest BCUT2D eigenvalue weighted by molar-refractivity contribution is 6.46. The molecular formula is C23H26N2O4. The molecule has 0 radical (unpaired) electrons. The van der Waals surface area contributed by atoms with Gasteiger partial charge in [-0.1, -0.05) is 42.0 Å². The van der Waals surface area contributed by atoms with Gasteiger partial charge in [-0.2, -0.15) is 0 Å². The van der Waals surface area contributed by atoms with Crippen LogP contribution in [0.3, 0.4) is 0 Å². The number of carbonyl (C=O) groups is 2. The van der Waals surface area contributed by atoms with Crippen LogP contribution in [0.4, 0.5) is 5.69 Å². The number of hydrogen-bond donors (Lipinski definition) is 2. The summed E-state index contributed by atoms with van der Waals surface area (Å²) in [6.07, 6.45) is -0.809. The minimum Gasteiger partial charge on any atom is -0.507 e. The third-order valence-corrected chi connectivity index (χ3v) is 5.05. The van der Waals surface area contributed by atoms with E-state index in [0.717, 1.165) is 11.3 Å². The normalized spacial score (nSPS) is 19.5. The number of rotatable bonds is 5. The van der Waals surface area contributed by atoms with Gasteiger partial charge in [-0.25, -0.2) is 0 Å². The van der Waals surface area contributed by atoms with Crippen molar-refractivity contribution < 1.29 is 19.8 Å². The highest BCUT2D eigenvalue weighted by Gasteiger charge is 2.46. The van der Waals surface area contributed by atoms with Crippen LogP contribution in [0.1, 0.15) is 29.7 Å². The molecule has 1 aliphatic heterocycles. The van der Waals surface area contributed by atoms with Gasteiger partial charge >= 0.3 is 0 Å². The first-order valence-electron chi connectivity index (χ1n) is 9.51. The molecule has 1 saturated heterocycles. The Morgan fingerprint density at radius 1 is 1.07 bits per heavy atom. The van der Waals surface area contributed by atoms with Gasteiger partial charge in [0.2, 0.25) is 0 Å². The second-order valence-corrected chi connectivity index (χ2v) is 7.65. The summed E-state index contributed by atoms with van der Waals surface area (Å²) < 4.78 is 0. The topological polar surface area (TPSA) is 81.1 Å². The number of aliphatic hydroxyl groups excluding tert-OH is 2. The molecule has 6 heteroatoms. The number of Topliss-reactive ketones (excluding diaryl/α,β-unsaturated/α-hetero) is 1. The van der Waals surface area contributed by atoms with Crippen molar-refractivity contribution in [2.75, 3.05) is 25.5 Å². The molecule has 2 N–H and O–H groups in total. The number of benzene rings is 2. The second kappa shape index (κ2) is 8.09. The standard InChI is InChI=1S/C23H26N2O4/c1-14-5-7-17(8-6-14)21(27)19-20(16-9-11-18(12-10-16)24(3)4)25(13-15(2)26)23(29)22(19)28/h5-12,15,20,26-27H,13H2,1-4H3. The van der Waals surface area contributed by atoms with Crippen LogP contribution >= 0.6 is 0 Å². The molecule has 2 aromatic carbocycles.